The van der Waals surface area contributed by atoms with Crippen LogP contribution in [0.4, 0.5) is 14.5 Å². The second kappa shape index (κ2) is 6.04. The molecule has 2 aromatic carbocycles. The molecule has 0 heterocycles. The number of carbonyl (C=O) groups is 1. The van der Waals surface area contributed by atoms with Crippen LogP contribution in [0.15, 0.2) is 48.5 Å². The van der Waals surface area contributed by atoms with Crippen molar-refractivity contribution < 1.29 is 18.5 Å². The van der Waals surface area contributed by atoms with Crippen LogP contribution in [0.5, 0.6) is 0 Å². The maximum atomic E-state index is 13.0. The SMILES string of the molecule is O=C(/C=C/c1cccc([N+](=O)[O-])c1)c1ccc(F)c(F)c1. The van der Waals surface area contributed by atoms with Crippen LogP contribution < -0.4 is 0 Å². The van der Waals surface area contributed by atoms with Crippen LogP contribution in [0.25, 0.3) is 6.08 Å². The average Bonchev–Trinajstić information content (AvgIpc) is 2.48. The van der Waals surface area contributed by atoms with E-state index in [1.165, 1.54) is 30.3 Å². The van der Waals surface area contributed by atoms with Crippen LogP contribution in [0.2, 0.25) is 0 Å². The molecular formula is C15H9F2NO3. The largest absolute Gasteiger partial charge is 0.289 e. The van der Waals surface area contributed by atoms with Crippen molar-refractivity contribution in [3.63, 3.8) is 0 Å². The molecule has 0 fully saturated rings. The summed E-state index contributed by atoms with van der Waals surface area (Å²) in [5, 5.41) is 10.6. The molecule has 0 unspecified atom stereocenters. The van der Waals surface area contributed by atoms with Gasteiger partial charge in [0.15, 0.2) is 17.4 Å². The molecule has 2 aromatic rings. The molecule has 0 spiro atoms. The molecule has 0 N–H and O–H groups in total. The van der Waals surface area contributed by atoms with Gasteiger partial charge in [-0.2, -0.15) is 0 Å². The van der Waals surface area contributed by atoms with E-state index in [0.717, 1.165) is 18.2 Å². The standard InChI is InChI=1S/C15H9F2NO3/c16-13-6-5-11(9-14(13)17)15(19)7-4-10-2-1-3-12(8-10)18(20)21/h1-9H/b7-4+. The normalized spacial score (nSPS) is 10.8. The zero-order chi connectivity index (χ0) is 15.4. The third-order valence-corrected chi connectivity index (χ3v) is 2.71. The first kappa shape index (κ1) is 14.5. The van der Waals surface area contributed by atoms with Crippen LogP contribution in [0.1, 0.15) is 15.9 Å². The van der Waals surface area contributed by atoms with E-state index in [0.29, 0.717) is 5.56 Å². The fraction of sp³-hybridized carbons (Fsp3) is 0. The van der Waals surface area contributed by atoms with Gasteiger partial charge in [0, 0.05) is 17.7 Å². The highest BCUT2D eigenvalue weighted by Gasteiger charge is 2.08. The van der Waals surface area contributed by atoms with E-state index in [2.05, 4.69) is 0 Å². The second-order valence-corrected chi connectivity index (χ2v) is 4.18. The summed E-state index contributed by atoms with van der Waals surface area (Å²) in [5.74, 6) is -2.67. The Balaban J connectivity index is 2.20. The van der Waals surface area contributed by atoms with Gasteiger partial charge in [0.05, 0.1) is 4.92 Å². The van der Waals surface area contributed by atoms with Gasteiger partial charge in [-0.3, -0.25) is 14.9 Å². The Morgan fingerprint density at radius 1 is 1.10 bits per heavy atom. The number of ketones is 1. The van der Waals surface area contributed by atoms with Gasteiger partial charge < -0.3 is 0 Å². The van der Waals surface area contributed by atoms with Crippen molar-refractivity contribution in [3.8, 4) is 0 Å². The third-order valence-electron chi connectivity index (χ3n) is 2.71. The first-order valence-corrected chi connectivity index (χ1v) is 5.89. The minimum atomic E-state index is -1.11. The summed E-state index contributed by atoms with van der Waals surface area (Å²) in [7, 11) is 0. The van der Waals surface area contributed by atoms with Crippen LogP contribution in [0.3, 0.4) is 0 Å². The summed E-state index contributed by atoms with van der Waals surface area (Å²) in [6, 6.07) is 8.53. The lowest BCUT2D eigenvalue weighted by Gasteiger charge is -1.98. The molecule has 21 heavy (non-hydrogen) atoms. The molecule has 0 amide bonds. The summed E-state index contributed by atoms with van der Waals surface area (Å²) < 4.78 is 25.8. The summed E-state index contributed by atoms with van der Waals surface area (Å²) in [4.78, 5) is 21.9. The lowest BCUT2D eigenvalue weighted by atomic mass is 10.1. The highest BCUT2D eigenvalue weighted by molar-refractivity contribution is 6.06. The minimum Gasteiger partial charge on any atom is -0.289 e. The summed E-state index contributed by atoms with van der Waals surface area (Å²) in [5.41, 5.74) is 0.355. The topological polar surface area (TPSA) is 60.2 Å². The number of halogens is 2. The Labute approximate surface area is 118 Å². The molecule has 0 aromatic heterocycles. The van der Waals surface area contributed by atoms with Gasteiger partial charge >= 0.3 is 0 Å². The van der Waals surface area contributed by atoms with Gasteiger partial charge in [0.25, 0.3) is 5.69 Å². The van der Waals surface area contributed by atoms with E-state index in [1.54, 1.807) is 6.07 Å². The second-order valence-electron chi connectivity index (χ2n) is 4.18. The molecule has 0 saturated heterocycles. The zero-order valence-electron chi connectivity index (χ0n) is 10.6. The first-order valence-electron chi connectivity index (χ1n) is 5.89. The van der Waals surface area contributed by atoms with E-state index in [-0.39, 0.29) is 11.3 Å². The Morgan fingerprint density at radius 3 is 2.52 bits per heavy atom. The number of non-ortho nitro benzene ring substituents is 1. The Morgan fingerprint density at radius 2 is 1.86 bits per heavy atom. The smallest absolute Gasteiger partial charge is 0.270 e. The molecule has 0 aliphatic rings. The predicted octanol–water partition coefficient (Wildman–Crippen LogP) is 3.77. The number of carbonyl (C=O) groups excluding carboxylic acids is 1. The monoisotopic (exact) mass is 289 g/mol. The number of benzene rings is 2. The highest BCUT2D eigenvalue weighted by Crippen LogP contribution is 2.15. The van der Waals surface area contributed by atoms with E-state index < -0.39 is 22.3 Å². The van der Waals surface area contributed by atoms with Gasteiger partial charge in [-0.25, -0.2) is 8.78 Å². The van der Waals surface area contributed by atoms with E-state index in [4.69, 9.17) is 0 Å². The molecule has 2 rings (SSSR count). The van der Waals surface area contributed by atoms with Gasteiger partial charge in [-0.05, 0) is 29.8 Å². The van der Waals surface area contributed by atoms with Crippen LogP contribution in [-0.2, 0) is 0 Å². The third kappa shape index (κ3) is 3.56. The average molecular weight is 289 g/mol. The van der Waals surface area contributed by atoms with Crippen LogP contribution in [-0.4, -0.2) is 10.7 Å². The van der Waals surface area contributed by atoms with E-state index >= 15 is 0 Å². The Bertz CT molecular complexity index is 741. The van der Waals surface area contributed by atoms with Gasteiger partial charge in [-0.1, -0.05) is 18.2 Å². The maximum Gasteiger partial charge on any atom is 0.270 e. The molecular weight excluding hydrogens is 280 g/mol. The summed E-state index contributed by atoms with van der Waals surface area (Å²) >= 11 is 0. The maximum absolute atomic E-state index is 13.0. The van der Waals surface area contributed by atoms with Gasteiger partial charge in [-0.15, -0.1) is 0 Å². The number of allylic oxidation sites excluding steroid dienone is 1. The van der Waals surface area contributed by atoms with Crippen molar-refractivity contribution in [2.45, 2.75) is 0 Å². The van der Waals surface area contributed by atoms with E-state index in [1.807, 2.05) is 0 Å². The molecule has 6 heteroatoms. The van der Waals surface area contributed by atoms with Crippen molar-refractivity contribution >= 4 is 17.5 Å². The van der Waals surface area contributed by atoms with Crippen LogP contribution in [0, 0.1) is 21.7 Å². The molecule has 0 atom stereocenters. The summed E-state index contributed by atoms with van der Waals surface area (Å²) in [6.07, 6.45) is 2.52. The number of rotatable bonds is 4. The number of nitro benzene ring substituents is 1. The van der Waals surface area contributed by atoms with Crippen molar-refractivity contribution in [2.75, 3.05) is 0 Å². The van der Waals surface area contributed by atoms with Gasteiger partial charge in [0.2, 0.25) is 0 Å². The lowest BCUT2D eigenvalue weighted by Crippen LogP contribution is -1.96. The highest BCUT2D eigenvalue weighted by atomic mass is 19.2. The Hall–Kier alpha value is -2.89. The molecule has 4 nitrogen and oxygen atoms in total. The lowest BCUT2D eigenvalue weighted by molar-refractivity contribution is -0.384. The van der Waals surface area contributed by atoms with E-state index in [9.17, 15) is 23.7 Å². The minimum absolute atomic E-state index is 0.00409. The first-order chi connectivity index (χ1) is 9.97. The summed E-state index contributed by atoms with van der Waals surface area (Å²) in [6.45, 7) is 0. The quantitative estimate of drug-likeness (QED) is 0.372. The number of hydrogen-bond donors (Lipinski definition) is 0. The number of nitrogens with zero attached hydrogens (tertiary/aromatic N) is 1. The molecule has 106 valence electrons. The molecule has 0 saturated carbocycles. The molecule has 0 bridgehead atoms. The van der Waals surface area contributed by atoms with Crippen molar-refractivity contribution in [1.82, 2.24) is 0 Å². The van der Waals surface area contributed by atoms with Crippen LogP contribution >= 0.6 is 0 Å². The number of hydrogen-bond acceptors (Lipinski definition) is 3. The van der Waals surface area contributed by atoms with Gasteiger partial charge in [0.1, 0.15) is 0 Å². The fourth-order valence-electron chi connectivity index (χ4n) is 1.66. The van der Waals surface area contributed by atoms with Crippen molar-refractivity contribution in [1.29, 1.82) is 0 Å². The molecule has 0 aliphatic carbocycles. The predicted molar refractivity (Wildman–Crippen MR) is 72.8 cm³/mol. The van der Waals surface area contributed by atoms with Crippen molar-refractivity contribution in [3.05, 3.63) is 81.4 Å². The number of nitro groups is 1. The zero-order valence-corrected chi connectivity index (χ0v) is 10.6. The fourth-order valence-corrected chi connectivity index (χ4v) is 1.66. The molecule has 0 aliphatic heterocycles. The Kier molecular flexibility index (Phi) is 4.18. The molecule has 0 radical (unpaired) electrons. The van der Waals surface area contributed by atoms with Crippen molar-refractivity contribution in [2.24, 2.45) is 0 Å².